The molecule has 1 aromatic carbocycles. The standard InChI is InChI=1S/C16H23N3O/c1-3-4-9-16(20)17-10-6-11-19-15-8-5-7-13(2)14(15)12-18-19/h5,7-8,12H,3-4,6,9-11H2,1-2H3,(H,17,20). The van der Waals surface area contributed by atoms with E-state index in [1.807, 2.05) is 10.9 Å². The summed E-state index contributed by atoms with van der Waals surface area (Å²) in [5.74, 6) is 0.160. The van der Waals surface area contributed by atoms with E-state index in [-0.39, 0.29) is 5.91 Å². The molecule has 4 nitrogen and oxygen atoms in total. The summed E-state index contributed by atoms with van der Waals surface area (Å²) in [6.45, 7) is 5.75. The molecule has 1 amide bonds. The fraction of sp³-hybridized carbons (Fsp3) is 0.500. The summed E-state index contributed by atoms with van der Waals surface area (Å²) in [5, 5.41) is 8.59. The molecule has 0 bridgehead atoms. The number of hydrogen-bond donors (Lipinski definition) is 1. The zero-order valence-electron chi connectivity index (χ0n) is 12.4. The Morgan fingerprint density at radius 3 is 3.00 bits per heavy atom. The van der Waals surface area contributed by atoms with Crippen molar-refractivity contribution in [3.05, 3.63) is 30.0 Å². The molecule has 0 saturated carbocycles. The first-order valence-electron chi connectivity index (χ1n) is 7.40. The predicted molar refractivity (Wildman–Crippen MR) is 81.6 cm³/mol. The van der Waals surface area contributed by atoms with E-state index in [1.54, 1.807) is 0 Å². The second kappa shape index (κ2) is 7.08. The van der Waals surface area contributed by atoms with Crippen LogP contribution >= 0.6 is 0 Å². The van der Waals surface area contributed by atoms with Crippen molar-refractivity contribution >= 4 is 16.8 Å². The smallest absolute Gasteiger partial charge is 0.219 e. The molecule has 0 saturated heterocycles. The number of carbonyl (C=O) groups excluding carboxylic acids is 1. The normalized spacial score (nSPS) is 10.9. The van der Waals surface area contributed by atoms with E-state index in [0.29, 0.717) is 6.42 Å². The van der Waals surface area contributed by atoms with Gasteiger partial charge in [-0.2, -0.15) is 5.10 Å². The van der Waals surface area contributed by atoms with Gasteiger partial charge in [-0.3, -0.25) is 9.48 Å². The van der Waals surface area contributed by atoms with Gasteiger partial charge in [0.05, 0.1) is 11.7 Å². The van der Waals surface area contributed by atoms with E-state index in [4.69, 9.17) is 0 Å². The fourth-order valence-corrected chi connectivity index (χ4v) is 2.31. The highest BCUT2D eigenvalue weighted by molar-refractivity contribution is 5.81. The number of nitrogens with one attached hydrogen (secondary N) is 1. The summed E-state index contributed by atoms with van der Waals surface area (Å²) in [5.41, 5.74) is 2.42. The van der Waals surface area contributed by atoms with Crippen LogP contribution in [0.25, 0.3) is 10.9 Å². The lowest BCUT2D eigenvalue weighted by molar-refractivity contribution is -0.121. The molecule has 2 rings (SSSR count). The average Bonchev–Trinajstić information content (AvgIpc) is 2.86. The minimum atomic E-state index is 0.160. The molecule has 0 spiro atoms. The van der Waals surface area contributed by atoms with Crippen LogP contribution in [0.5, 0.6) is 0 Å². The van der Waals surface area contributed by atoms with Crippen molar-refractivity contribution in [2.75, 3.05) is 6.54 Å². The van der Waals surface area contributed by atoms with Crippen molar-refractivity contribution < 1.29 is 4.79 Å². The summed E-state index contributed by atoms with van der Waals surface area (Å²) in [7, 11) is 0. The SMILES string of the molecule is CCCCC(=O)NCCCn1ncc2c(C)cccc21. The van der Waals surface area contributed by atoms with Crippen LogP contribution < -0.4 is 5.32 Å². The molecule has 0 atom stereocenters. The van der Waals surface area contributed by atoms with Gasteiger partial charge in [0.2, 0.25) is 5.91 Å². The van der Waals surface area contributed by atoms with Crippen molar-refractivity contribution in [2.45, 2.75) is 46.1 Å². The lowest BCUT2D eigenvalue weighted by Crippen LogP contribution is -2.24. The molecule has 108 valence electrons. The molecule has 2 aromatic rings. The number of benzene rings is 1. The Balaban J connectivity index is 1.82. The summed E-state index contributed by atoms with van der Waals surface area (Å²) >= 11 is 0. The third-order valence-corrected chi connectivity index (χ3v) is 3.53. The van der Waals surface area contributed by atoms with Crippen molar-refractivity contribution in [3.63, 3.8) is 0 Å². The molecule has 0 radical (unpaired) electrons. The zero-order valence-corrected chi connectivity index (χ0v) is 12.4. The van der Waals surface area contributed by atoms with Crippen molar-refractivity contribution in [1.29, 1.82) is 0 Å². The zero-order chi connectivity index (χ0) is 14.4. The monoisotopic (exact) mass is 273 g/mol. The third kappa shape index (κ3) is 3.59. The topological polar surface area (TPSA) is 46.9 Å². The van der Waals surface area contributed by atoms with E-state index in [0.717, 1.165) is 32.4 Å². The molecule has 20 heavy (non-hydrogen) atoms. The second-order valence-electron chi connectivity index (χ2n) is 5.18. The number of fused-ring (bicyclic) bond motifs is 1. The Kier molecular flexibility index (Phi) is 5.16. The quantitative estimate of drug-likeness (QED) is 0.788. The molecular formula is C16H23N3O. The molecular weight excluding hydrogens is 250 g/mol. The highest BCUT2D eigenvalue weighted by atomic mass is 16.1. The maximum absolute atomic E-state index is 11.5. The molecule has 0 unspecified atom stereocenters. The van der Waals surface area contributed by atoms with Crippen molar-refractivity contribution in [2.24, 2.45) is 0 Å². The van der Waals surface area contributed by atoms with Crippen LogP contribution in [0.4, 0.5) is 0 Å². The Bertz CT molecular complexity index is 574. The Morgan fingerprint density at radius 2 is 2.20 bits per heavy atom. The van der Waals surface area contributed by atoms with Crippen molar-refractivity contribution in [1.82, 2.24) is 15.1 Å². The highest BCUT2D eigenvalue weighted by Crippen LogP contribution is 2.17. The van der Waals surface area contributed by atoms with Gasteiger partial charge in [-0.1, -0.05) is 25.5 Å². The predicted octanol–water partition coefficient (Wildman–Crippen LogP) is 3.04. The van der Waals surface area contributed by atoms with E-state index >= 15 is 0 Å². The highest BCUT2D eigenvalue weighted by Gasteiger charge is 2.04. The maximum atomic E-state index is 11.5. The number of aromatic nitrogens is 2. The van der Waals surface area contributed by atoms with Gasteiger partial charge in [-0.15, -0.1) is 0 Å². The Labute approximate surface area is 120 Å². The first kappa shape index (κ1) is 14.6. The number of amides is 1. The molecule has 0 fully saturated rings. The van der Waals surface area contributed by atoms with Gasteiger partial charge in [0.1, 0.15) is 0 Å². The molecule has 1 N–H and O–H groups in total. The maximum Gasteiger partial charge on any atom is 0.219 e. The van der Waals surface area contributed by atoms with E-state index < -0.39 is 0 Å². The largest absolute Gasteiger partial charge is 0.356 e. The van der Waals surface area contributed by atoms with Crippen LogP contribution in [0, 0.1) is 6.92 Å². The Hall–Kier alpha value is -1.84. The van der Waals surface area contributed by atoms with Gasteiger partial charge in [-0.25, -0.2) is 0 Å². The minimum absolute atomic E-state index is 0.160. The summed E-state index contributed by atoms with van der Waals surface area (Å²) in [4.78, 5) is 11.5. The minimum Gasteiger partial charge on any atom is -0.356 e. The first-order chi connectivity index (χ1) is 9.72. The van der Waals surface area contributed by atoms with Gasteiger partial charge in [-0.05, 0) is 31.4 Å². The second-order valence-corrected chi connectivity index (χ2v) is 5.18. The fourth-order valence-electron chi connectivity index (χ4n) is 2.31. The van der Waals surface area contributed by atoms with Crippen LogP contribution in [0.2, 0.25) is 0 Å². The Morgan fingerprint density at radius 1 is 1.35 bits per heavy atom. The summed E-state index contributed by atoms with van der Waals surface area (Å²) in [6, 6.07) is 6.25. The van der Waals surface area contributed by atoms with Crippen LogP contribution in [0.1, 0.15) is 38.2 Å². The lowest BCUT2D eigenvalue weighted by Gasteiger charge is -2.06. The number of nitrogens with zero attached hydrogens (tertiary/aromatic N) is 2. The molecule has 4 heteroatoms. The van der Waals surface area contributed by atoms with Gasteiger partial charge < -0.3 is 5.32 Å². The van der Waals surface area contributed by atoms with Crippen molar-refractivity contribution in [3.8, 4) is 0 Å². The molecule has 0 aliphatic carbocycles. The van der Waals surface area contributed by atoms with Gasteiger partial charge in [0.15, 0.2) is 0 Å². The number of rotatable bonds is 7. The number of unbranched alkanes of at least 4 members (excludes halogenated alkanes) is 1. The van der Waals surface area contributed by atoms with Crippen LogP contribution in [0.15, 0.2) is 24.4 Å². The van der Waals surface area contributed by atoms with Crippen LogP contribution in [0.3, 0.4) is 0 Å². The number of aryl methyl sites for hydroxylation is 2. The van der Waals surface area contributed by atoms with E-state index in [2.05, 4.69) is 42.5 Å². The van der Waals surface area contributed by atoms with Crippen LogP contribution in [-0.2, 0) is 11.3 Å². The summed E-state index contributed by atoms with van der Waals surface area (Å²) < 4.78 is 2.01. The number of hydrogen-bond acceptors (Lipinski definition) is 2. The van der Waals surface area contributed by atoms with Gasteiger partial charge in [0, 0.05) is 24.9 Å². The molecule has 1 aromatic heterocycles. The number of carbonyl (C=O) groups is 1. The molecule has 1 heterocycles. The van der Waals surface area contributed by atoms with Crippen LogP contribution in [-0.4, -0.2) is 22.2 Å². The van der Waals surface area contributed by atoms with E-state index in [1.165, 1.54) is 16.5 Å². The lowest BCUT2D eigenvalue weighted by atomic mass is 10.1. The van der Waals surface area contributed by atoms with Gasteiger partial charge in [0.25, 0.3) is 0 Å². The molecule has 0 aliphatic heterocycles. The molecule has 0 aliphatic rings. The van der Waals surface area contributed by atoms with Gasteiger partial charge >= 0.3 is 0 Å². The first-order valence-corrected chi connectivity index (χ1v) is 7.40. The average molecular weight is 273 g/mol. The third-order valence-electron chi connectivity index (χ3n) is 3.53. The van der Waals surface area contributed by atoms with E-state index in [9.17, 15) is 4.79 Å². The summed E-state index contributed by atoms with van der Waals surface area (Å²) in [6.07, 6.45) is 5.49.